The van der Waals surface area contributed by atoms with E-state index in [4.69, 9.17) is 19.2 Å². The molecule has 0 spiro atoms. The van der Waals surface area contributed by atoms with Crippen LogP contribution in [0.5, 0.6) is 0 Å². The van der Waals surface area contributed by atoms with E-state index in [1.165, 1.54) is 14.2 Å². The second kappa shape index (κ2) is 4.01. The van der Waals surface area contributed by atoms with Crippen LogP contribution in [0.15, 0.2) is 5.16 Å². The lowest BCUT2D eigenvalue weighted by atomic mass is 10.2. The molecule has 1 fully saturated rings. The number of hydrogen-bond acceptors (Lipinski definition) is 6. The second-order valence-corrected chi connectivity index (χ2v) is 2.63. The van der Waals surface area contributed by atoms with Gasteiger partial charge in [-0.3, -0.25) is 4.74 Å². The first-order valence-corrected chi connectivity index (χ1v) is 3.75. The minimum atomic E-state index is -1.04. The van der Waals surface area contributed by atoms with Crippen molar-refractivity contribution in [1.82, 2.24) is 0 Å². The highest BCUT2D eigenvalue weighted by atomic mass is 17.3. The molecule has 1 heterocycles. The molecule has 0 aromatic rings. The monoisotopic (exact) mass is 191 g/mol. The fraction of sp³-hybridized carbons (Fsp3) is 0.857. The molecule has 0 radical (unpaired) electrons. The summed E-state index contributed by atoms with van der Waals surface area (Å²) in [5.41, 5.74) is 0.509. The Bertz CT molecular complexity index is 207. The maximum absolute atomic E-state index is 5.23. The lowest BCUT2D eigenvalue weighted by Gasteiger charge is -2.17. The van der Waals surface area contributed by atoms with Gasteiger partial charge in [-0.15, -0.1) is 0 Å². The van der Waals surface area contributed by atoms with Crippen LogP contribution >= 0.6 is 0 Å². The van der Waals surface area contributed by atoms with Crippen molar-refractivity contribution in [2.75, 3.05) is 14.2 Å². The van der Waals surface area contributed by atoms with E-state index in [0.717, 1.165) is 0 Å². The van der Waals surface area contributed by atoms with E-state index in [1.54, 1.807) is 13.8 Å². The Morgan fingerprint density at radius 3 is 2.62 bits per heavy atom. The van der Waals surface area contributed by atoms with Gasteiger partial charge in [0.05, 0.1) is 0 Å². The first-order chi connectivity index (χ1) is 6.12. The quantitative estimate of drug-likeness (QED) is 0.372. The molecule has 1 aliphatic heterocycles. The van der Waals surface area contributed by atoms with Crippen molar-refractivity contribution in [2.24, 2.45) is 5.16 Å². The van der Waals surface area contributed by atoms with Gasteiger partial charge in [0.2, 0.25) is 5.79 Å². The lowest BCUT2D eigenvalue weighted by Crippen LogP contribution is -2.35. The van der Waals surface area contributed by atoms with Crippen LogP contribution in [0, 0.1) is 0 Å². The molecule has 2 unspecified atom stereocenters. The fourth-order valence-corrected chi connectivity index (χ4v) is 0.807. The number of hydrogen-bond donors (Lipinski definition) is 0. The van der Waals surface area contributed by atoms with E-state index in [2.05, 4.69) is 9.99 Å². The molecule has 2 atom stereocenters. The average molecular weight is 191 g/mol. The number of methoxy groups -OCH3 is 1. The van der Waals surface area contributed by atoms with Gasteiger partial charge >= 0.3 is 6.48 Å². The summed E-state index contributed by atoms with van der Waals surface area (Å²) in [6, 6.07) is 0. The zero-order valence-corrected chi connectivity index (χ0v) is 8.07. The predicted molar refractivity (Wildman–Crippen MR) is 42.6 cm³/mol. The molecule has 6 nitrogen and oxygen atoms in total. The van der Waals surface area contributed by atoms with Crippen molar-refractivity contribution in [1.29, 1.82) is 0 Å². The summed E-state index contributed by atoms with van der Waals surface area (Å²) in [4.78, 5) is 14.2. The average Bonchev–Trinajstić information content (AvgIpc) is 2.49. The highest BCUT2D eigenvalue weighted by Crippen LogP contribution is 2.26. The summed E-state index contributed by atoms with van der Waals surface area (Å²) < 4.78 is 10.0. The van der Waals surface area contributed by atoms with Crippen LogP contribution in [-0.2, 0) is 24.1 Å². The molecule has 0 aromatic heterocycles. The van der Waals surface area contributed by atoms with E-state index in [0.29, 0.717) is 5.71 Å². The van der Waals surface area contributed by atoms with Crippen molar-refractivity contribution >= 4 is 5.71 Å². The van der Waals surface area contributed by atoms with Crippen LogP contribution in [0.2, 0.25) is 0 Å². The third-order valence-electron chi connectivity index (χ3n) is 1.68. The summed E-state index contributed by atoms with van der Waals surface area (Å²) in [7, 11) is 2.89. The molecule has 1 saturated heterocycles. The summed E-state index contributed by atoms with van der Waals surface area (Å²) in [6.07, 6.45) is 0. The zero-order valence-electron chi connectivity index (χ0n) is 8.07. The fourth-order valence-electron chi connectivity index (χ4n) is 0.807. The van der Waals surface area contributed by atoms with E-state index < -0.39 is 12.3 Å². The number of rotatable bonds is 3. The Balaban J connectivity index is 2.63. The molecule has 13 heavy (non-hydrogen) atoms. The van der Waals surface area contributed by atoms with E-state index in [-0.39, 0.29) is 0 Å². The molecule has 0 saturated carbocycles. The van der Waals surface area contributed by atoms with Crippen LogP contribution in [0.4, 0.5) is 0 Å². The van der Waals surface area contributed by atoms with Crippen LogP contribution in [0.25, 0.3) is 0 Å². The molecule has 1 rings (SSSR count). The SMILES string of the molecule is CO/N=C(\C)C1(C)OOC(OC)O1. The van der Waals surface area contributed by atoms with Gasteiger partial charge in [-0.25, -0.2) is 0 Å². The predicted octanol–water partition coefficient (Wildman–Crippen LogP) is 0.633. The van der Waals surface area contributed by atoms with Crippen LogP contribution in [0.3, 0.4) is 0 Å². The molecule has 6 heteroatoms. The second-order valence-electron chi connectivity index (χ2n) is 2.63. The Kier molecular flexibility index (Phi) is 3.21. The minimum absolute atomic E-state index is 0.509. The lowest BCUT2D eigenvalue weighted by molar-refractivity contribution is -0.349. The molecule has 0 aliphatic carbocycles. The molecule has 0 N–H and O–H groups in total. The van der Waals surface area contributed by atoms with Crippen LogP contribution < -0.4 is 0 Å². The van der Waals surface area contributed by atoms with Crippen LogP contribution in [-0.4, -0.2) is 32.2 Å². The maximum atomic E-state index is 5.23. The molecule has 0 amide bonds. The number of ether oxygens (including phenoxy) is 2. The first kappa shape index (κ1) is 10.4. The zero-order chi connectivity index (χ0) is 9.90. The van der Waals surface area contributed by atoms with E-state index in [1.807, 2.05) is 0 Å². The van der Waals surface area contributed by atoms with Gasteiger partial charge in [0.25, 0.3) is 0 Å². The smallest absolute Gasteiger partial charge is 0.303 e. The Labute approximate surface area is 76.3 Å². The first-order valence-electron chi connectivity index (χ1n) is 3.75. The Hall–Kier alpha value is -0.690. The van der Waals surface area contributed by atoms with Gasteiger partial charge in [-0.2, -0.15) is 9.78 Å². The summed E-state index contributed by atoms with van der Waals surface area (Å²) in [5.74, 6) is -1.04. The number of oxime groups is 1. The van der Waals surface area contributed by atoms with Crippen LogP contribution in [0.1, 0.15) is 13.8 Å². The van der Waals surface area contributed by atoms with E-state index in [9.17, 15) is 0 Å². The highest BCUT2D eigenvalue weighted by molar-refractivity contribution is 5.88. The third-order valence-corrected chi connectivity index (χ3v) is 1.68. The summed E-state index contributed by atoms with van der Waals surface area (Å²) >= 11 is 0. The third kappa shape index (κ3) is 2.16. The summed E-state index contributed by atoms with van der Waals surface area (Å²) in [5, 5.41) is 3.68. The standard InChI is InChI=1S/C7H13NO5/c1-5(8-10-4)7(2)11-6(9-3)12-13-7/h6H,1-4H3/b8-5+. The van der Waals surface area contributed by atoms with Crippen molar-refractivity contribution in [2.45, 2.75) is 26.1 Å². The normalized spacial score (nSPS) is 35.1. The molecular formula is C7H13NO5. The summed E-state index contributed by atoms with van der Waals surface area (Å²) in [6.45, 7) is 2.53. The van der Waals surface area contributed by atoms with Gasteiger partial charge < -0.3 is 9.57 Å². The van der Waals surface area contributed by atoms with Gasteiger partial charge in [-0.05, 0) is 13.8 Å². The molecule has 1 aliphatic rings. The van der Waals surface area contributed by atoms with Gasteiger partial charge in [-0.1, -0.05) is 5.16 Å². The maximum Gasteiger partial charge on any atom is 0.303 e. The van der Waals surface area contributed by atoms with Crippen molar-refractivity contribution < 1.29 is 24.1 Å². The Morgan fingerprint density at radius 1 is 1.46 bits per heavy atom. The van der Waals surface area contributed by atoms with Gasteiger partial charge in [0.1, 0.15) is 12.8 Å². The van der Waals surface area contributed by atoms with Crippen molar-refractivity contribution in [3.05, 3.63) is 0 Å². The molecule has 0 aromatic carbocycles. The Morgan fingerprint density at radius 2 is 2.15 bits per heavy atom. The van der Waals surface area contributed by atoms with Crippen molar-refractivity contribution in [3.8, 4) is 0 Å². The number of nitrogens with zero attached hydrogens (tertiary/aromatic N) is 1. The molecule has 0 bridgehead atoms. The van der Waals surface area contributed by atoms with Crippen molar-refractivity contribution in [3.63, 3.8) is 0 Å². The topological polar surface area (TPSA) is 58.5 Å². The molecule has 76 valence electrons. The minimum Gasteiger partial charge on any atom is -0.399 e. The van der Waals surface area contributed by atoms with E-state index >= 15 is 0 Å². The highest BCUT2D eigenvalue weighted by Gasteiger charge is 2.43. The molecular weight excluding hydrogens is 178 g/mol. The van der Waals surface area contributed by atoms with Gasteiger partial charge in [0.15, 0.2) is 0 Å². The van der Waals surface area contributed by atoms with Gasteiger partial charge in [0, 0.05) is 7.11 Å². The largest absolute Gasteiger partial charge is 0.399 e.